The molecule has 2 rings (SSSR count). The molecule has 21 heavy (non-hydrogen) atoms. The van der Waals surface area contributed by atoms with E-state index < -0.39 is 10.9 Å². The summed E-state index contributed by atoms with van der Waals surface area (Å²) >= 11 is 0. The molecule has 0 fully saturated rings. The van der Waals surface area contributed by atoms with Crippen molar-refractivity contribution in [1.82, 2.24) is 9.78 Å². The number of rotatable bonds is 6. The molecule has 0 aliphatic carbocycles. The number of para-hydroxylation sites is 1. The number of carboxylic acids is 1. The maximum Gasteiger partial charge on any atom is 0.356 e. The summed E-state index contributed by atoms with van der Waals surface area (Å²) in [4.78, 5) is 21.6. The highest BCUT2D eigenvalue weighted by Gasteiger charge is 2.23. The van der Waals surface area contributed by atoms with Crippen LogP contribution >= 0.6 is 0 Å². The number of carboxylic acid groups (broad SMARTS) is 1. The Hall–Kier alpha value is -2.90. The van der Waals surface area contributed by atoms with E-state index in [0.29, 0.717) is 13.0 Å². The van der Waals surface area contributed by atoms with Crippen LogP contribution in [0.4, 0.5) is 5.69 Å². The first-order chi connectivity index (χ1) is 10.0. The number of nitro benzene ring substituents is 1. The molecule has 0 spiro atoms. The molecule has 0 aliphatic heterocycles. The maximum absolute atomic E-state index is 11.3. The van der Waals surface area contributed by atoms with Gasteiger partial charge in [0.1, 0.15) is 5.69 Å². The SMILES string of the molecule is CCCOc1cccc(-n2ccc(C(=O)O)n2)c1[N+](=O)[O-]. The lowest BCUT2D eigenvalue weighted by Crippen LogP contribution is -2.06. The Morgan fingerprint density at radius 2 is 2.24 bits per heavy atom. The van der Waals surface area contributed by atoms with Crippen molar-refractivity contribution in [3.05, 3.63) is 46.3 Å². The fourth-order valence-corrected chi connectivity index (χ4v) is 1.78. The van der Waals surface area contributed by atoms with Crippen LogP contribution in [-0.4, -0.2) is 32.4 Å². The van der Waals surface area contributed by atoms with Crippen molar-refractivity contribution in [3.8, 4) is 11.4 Å². The van der Waals surface area contributed by atoms with Crippen molar-refractivity contribution in [2.45, 2.75) is 13.3 Å². The summed E-state index contributed by atoms with van der Waals surface area (Å²) in [6.45, 7) is 2.24. The first-order valence-electron chi connectivity index (χ1n) is 6.24. The van der Waals surface area contributed by atoms with E-state index in [1.165, 1.54) is 24.4 Å². The van der Waals surface area contributed by atoms with E-state index in [0.717, 1.165) is 4.68 Å². The van der Waals surface area contributed by atoms with Crippen LogP contribution in [-0.2, 0) is 0 Å². The summed E-state index contributed by atoms with van der Waals surface area (Å²) in [6, 6.07) is 5.84. The Morgan fingerprint density at radius 3 is 2.81 bits per heavy atom. The number of nitro groups is 1. The van der Waals surface area contributed by atoms with E-state index in [9.17, 15) is 14.9 Å². The van der Waals surface area contributed by atoms with Gasteiger partial charge in [0.05, 0.1) is 11.5 Å². The van der Waals surface area contributed by atoms with Crippen LogP contribution in [0, 0.1) is 10.1 Å². The van der Waals surface area contributed by atoms with Crippen molar-refractivity contribution in [2.75, 3.05) is 6.61 Å². The molecular formula is C13H13N3O5. The number of carbonyl (C=O) groups is 1. The van der Waals surface area contributed by atoms with Crippen LogP contribution in [0.3, 0.4) is 0 Å². The summed E-state index contributed by atoms with van der Waals surface area (Å²) in [5.74, 6) is -1.07. The van der Waals surface area contributed by atoms with Gasteiger partial charge in [0.25, 0.3) is 0 Å². The van der Waals surface area contributed by atoms with Gasteiger partial charge in [-0.05, 0) is 24.6 Å². The average Bonchev–Trinajstić information content (AvgIpc) is 2.94. The van der Waals surface area contributed by atoms with Crippen molar-refractivity contribution < 1.29 is 19.6 Å². The lowest BCUT2D eigenvalue weighted by atomic mass is 10.2. The van der Waals surface area contributed by atoms with E-state index in [1.54, 1.807) is 6.07 Å². The second-order valence-electron chi connectivity index (χ2n) is 4.18. The predicted molar refractivity (Wildman–Crippen MR) is 73.0 cm³/mol. The minimum atomic E-state index is -1.20. The molecule has 2 aromatic rings. The number of nitrogens with zero attached hydrogens (tertiary/aromatic N) is 3. The van der Waals surface area contributed by atoms with Gasteiger partial charge in [-0.1, -0.05) is 13.0 Å². The van der Waals surface area contributed by atoms with Gasteiger partial charge in [-0.15, -0.1) is 0 Å². The lowest BCUT2D eigenvalue weighted by molar-refractivity contribution is -0.385. The molecular weight excluding hydrogens is 278 g/mol. The van der Waals surface area contributed by atoms with Crippen LogP contribution in [0.25, 0.3) is 5.69 Å². The summed E-state index contributed by atoms with van der Waals surface area (Å²) in [5, 5.41) is 23.9. The van der Waals surface area contributed by atoms with Crippen LogP contribution in [0.5, 0.6) is 5.75 Å². The third-order valence-electron chi connectivity index (χ3n) is 2.68. The molecule has 0 atom stereocenters. The molecule has 0 bridgehead atoms. The standard InChI is InChI=1S/C13H13N3O5/c1-2-8-21-11-5-3-4-10(12(11)16(19)20)15-7-6-9(14-15)13(17)18/h3-7H,2,8H2,1H3,(H,17,18). The topological polar surface area (TPSA) is 107 Å². The Morgan fingerprint density at radius 1 is 1.48 bits per heavy atom. The fourth-order valence-electron chi connectivity index (χ4n) is 1.78. The second kappa shape index (κ2) is 6.04. The number of ether oxygens (including phenoxy) is 1. The Kier molecular flexibility index (Phi) is 4.17. The molecule has 0 aliphatic rings. The van der Waals surface area contributed by atoms with Gasteiger partial charge in [-0.25, -0.2) is 9.48 Å². The quantitative estimate of drug-likeness (QED) is 0.646. The normalized spacial score (nSPS) is 10.3. The van der Waals surface area contributed by atoms with Crippen LogP contribution in [0.15, 0.2) is 30.5 Å². The minimum Gasteiger partial charge on any atom is -0.487 e. The van der Waals surface area contributed by atoms with E-state index >= 15 is 0 Å². The molecule has 8 heteroatoms. The monoisotopic (exact) mass is 291 g/mol. The second-order valence-corrected chi connectivity index (χ2v) is 4.18. The first kappa shape index (κ1) is 14.5. The van der Waals surface area contributed by atoms with Gasteiger partial charge >= 0.3 is 11.7 Å². The fraction of sp³-hybridized carbons (Fsp3) is 0.231. The molecule has 110 valence electrons. The van der Waals surface area contributed by atoms with E-state index in [1.807, 2.05) is 6.92 Å². The summed E-state index contributed by atoms with van der Waals surface area (Å²) in [5.41, 5.74) is -0.281. The number of aromatic nitrogens is 2. The summed E-state index contributed by atoms with van der Waals surface area (Å²) in [7, 11) is 0. The van der Waals surface area contributed by atoms with Gasteiger partial charge in [-0.3, -0.25) is 10.1 Å². The summed E-state index contributed by atoms with van der Waals surface area (Å²) < 4.78 is 6.52. The van der Waals surface area contributed by atoms with Gasteiger partial charge < -0.3 is 9.84 Å². The highest BCUT2D eigenvalue weighted by Crippen LogP contribution is 2.33. The largest absolute Gasteiger partial charge is 0.487 e. The Bertz CT molecular complexity index is 680. The van der Waals surface area contributed by atoms with Crippen molar-refractivity contribution >= 4 is 11.7 Å². The highest BCUT2D eigenvalue weighted by atomic mass is 16.6. The smallest absolute Gasteiger partial charge is 0.356 e. The Balaban J connectivity index is 2.51. The molecule has 1 aromatic heterocycles. The van der Waals surface area contributed by atoms with E-state index in [2.05, 4.69) is 5.10 Å². The molecule has 8 nitrogen and oxygen atoms in total. The molecule has 0 saturated heterocycles. The zero-order valence-electron chi connectivity index (χ0n) is 11.2. The van der Waals surface area contributed by atoms with Gasteiger partial charge in [-0.2, -0.15) is 5.10 Å². The van der Waals surface area contributed by atoms with Crippen molar-refractivity contribution in [3.63, 3.8) is 0 Å². The molecule has 1 aromatic carbocycles. The van der Waals surface area contributed by atoms with Crippen LogP contribution < -0.4 is 4.74 Å². The minimum absolute atomic E-state index is 0.131. The molecule has 1 heterocycles. The zero-order valence-corrected chi connectivity index (χ0v) is 11.2. The molecule has 0 saturated carbocycles. The molecule has 1 N–H and O–H groups in total. The highest BCUT2D eigenvalue weighted by molar-refractivity contribution is 5.85. The molecule has 0 radical (unpaired) electrons. The lowest BCUT2D eigenvalue weighted by Gasteiger charge is -2.08. The van der Waals surface area contributed by atoms with E-state index in [4.69, 9.17) is 9.84 Å². The number of hydrogen-bond donors (Lipinski definition) is 1. The average molecular weight is 291 g/mol. The first-order valence-corrected chi connectivity index (χ1v) is 6.24. The molecule has 0 unspecified atom stereocenters. The maximum atomic E-state index is 11.3. The van der Waals surface area contributed by atoms with Crippen LogP contribution in [0.1, 0.15) is 23.8 Å². The summed E-state index contributed by atoms with van der Waals surface area (Å²) in [6.07, 6.45) is 2.07. The van der Waals surface area contributed by atoms with Crippen LogP contribution in [0.2, 0.25) is 0 Å². The van der Waals surface area contributed by atoms with Gasteiger partial charge in [0, 0.05) is 6.20 Å². The Labute approximate surface area is 119 Å². The number of aromatic carboxylic acids is 1. The number of benzene rings is 1. The molecule has 0 amide bonds. The third kappa shape index (κ3) is 2.99. The third-order valence-corrected chi connectivity index (χ3v) is 2.68. The van der Waals surface area contributed by atoms with E-state index in [-0.39, 0.29) is 22.8 Å². The van der Waals surface area contributed by atoms with Crippen molar-refractivity contribution in [1.29, 1.82) is 0 Å². The number of hydrogen-bond acceptors (Lipinski definition) is 5. The van der Waals surface area contributed by atoms with Gasteiger partial charge in [0.2, 0.25) is 0 Å². The van der Waals surface area contributed by atoms with Gasteiger partial charge in [0.15, 0.2) is 11.4 Å². The predicted octanol–water partition coefficient (Wildman–Crippen LogP) is 2.27. The van der Waals surface area contributed by atoms with Crippen molar-refractivity contribution in [2.24, 2.45) is 0 Å². The zero-order chi connectivity index (χ0) is 15.4.